The highest BCUT2D eigenvalue weighted by Crippen LogP contribution is 2.29. The molecular formula is C24H36O2. The van der Waals surface area contributed by atoms with Gasteiger partial charge in [0.15, 0.2) is 0 Å². The molecular weight excluding hydrogens is 320 g/mol. The normalized spacial score (nSPS) is 12.2. The number of unbranched alkanes of at least 4 members (excludes halogenated alkanes) is 6. The van der Waals surface area contributed by atoms with Gasteiger partial charge in [-0.05, 0) is 37.3 Å². The van der Waals surface area contributed by atoms with Crippen LogP contribution in [-0.2, 0) is 4.74 Å². The van der Waals surface area contributed by atoms with Crippen molar-refractivity contribution in [2.24, 2.45) is 0 Å². The van der Waals surface area contributed by atoms with Crippen LogP contribution >= 0.6 is 0 Å². The zero-order valence-electron chi connectivity index (χ0n) is 16.7. The van der Waals surface area contributed by atoms with E-state index in [2.05, 4.69) is 25.6 Å². The summed E-state index contributed by atoms with van der Waals surface area (Å²) in [5, 5.41) is 0. The minimum absolute atomic E-state index is 0.373. The van der Waals surface area contributed by atoms with E-state index in [9.17, 15) is 4.79 Å². The topological polar surface area (TPSA) is 26.3 Å². The second-order valence-electron chi connectivity index (χ2n) is 6.89. The molecule has 0 amide bonds. The highest BCUT2D eigenvalue weighted by molar-refractivity contribution is 5.77. The minimum atomic E-state index is 0.373. The molecule has 0 heterocycles. The average molecular weight is 357 g/mol. The SMILES string of the molecule is C=C(C=CCC(CCCCCCCCC)c1ccccc1C=O)OCC. The molecule has 1 unspecified atom stereocenters. The van der Waals surface area contributed by atoms with Gasteiger partial charge in [0.2, 0.25) is 0 Å². The molecule has 1 rings (SSSR count). The molecule has 0 aliphatic heterocycles. The minimum Gasteiger partial charge on any atom is -0.495 e. The van der Waals surface area contributed by atoms with E-state index in [1.165, 1.54) is 50.5 Å². The second kappa shape index (κ2) is 14.4. The van der Waals surface area contributed by atoms with Gasteiger partial charge in [-0.2, -0.15) is 0 Å². The summed E-state index contributed by atoms with van der Waals surface area (Å²) in [5.41, 5.74) is 1.98. The lowest BCUT2D eigenvalue weighted by atomic mass is 9.87. The monoisotopic (exact) mass is 356 g/mol. The fourth-order valence-corrected chi connectivity index (χ4v) is 3.34. The summed E-state index contributed by atoms with van der Waals surface area (Å²) in [4.78, 5) is 11.4. The van der Waals surface area contributed by atoms with Gasteiger partial charge in [0.25, 0.3) is 0 Å². The van der Waals surface area contributed by atoms with Crippen LogP contribution in [-0.4, -0.2) is 12.9 Å². The molecule has 144 valence electrons. The van der Waals surface area contributed by atoms with Gasteiger partial charge in [0.1, 0.15) is 12.0 Å². The van der Waals surface area contributed by atoms with Gasteiger partial charge in [0.05, 0.1) is 6.61 Å². The number of rotatable bonds is 15. The predicted octanol–water partition coefficient (Wildman–Crippen LogP) is 7.22. The third-order valence-corrected chi connectivity index (χ3v) is 4.77. The van der Waals surface area contributed by atoms with Crippen LogP contribution in [0.5, 0.6) is 0 Å². The molecule has 0 saturated carbocycles. The number of benzene rings is 1. The van der Waals surface area contributed by atoms with Crippen LogP contribution in [0.25, 0.3) is 0 Å². The first-order valence-electron chi connectivity index (χ1n) is 10.2. The van der Waals surface area contributed by atoms with Crippen molar-refractivity contribution in [2.75, 3.05) is 6.61 Å². The zero-order chi connectivity index (χ0) is 19.0. The third-order valence-electron chi connectivity index (χ3n) is 4.77. The Hall–Kier alpha value is -1.83. The number of aldehydes is 1. The Morgan fingerprint density at radius 2 is 1.77 bits per heavy atom. The van der Waals surface area contributed by atoms with Crippen molar-refractivity contribution in [1.82, 2.24) is 0 Å². The van der Waals surface area contributed by atoms with Crippen LogP contribution < -0.4 is 0 Å². The maximum Gasteiger partial charge on any atom is 0.150 e. The summed E-state index contributed by atoms with van der Waals surface area (Å²) >= 11 is 0. The Balaban J connectivity index is 2.61. The summed E-state index contributed by atoms with van der Waals surface area (Å²) in [6.07, 6.45) is 16.2. The Labute approximate surface area is 160 Å². The summed E-state index contributed by atoms with van der Waals surface area (Å²) in [6, 6.07) is 7.98. The van der Waals surface area contributed by atoms with Gasteiger partial charge in [0, 0.05) is 5.56 Å². The zero-order valence-corrected chi connectivity index (χ0v) is 16.7. The Bertz CT molecular complexity index is 545. The average Bonchev–Trinajstić information content (AvgIpc) is 2.66. The molecule has 1 aromatic rings. The molecule has 0 radical (unpaired) electrons. The molecule has 0 spiro atoms. The molecule has 1 aromatic carbocycles. The predicted molar refractivity (Wildman–Crippen MR) is 112 cm³/mol. The van der Waals surface area contributed by atoms with Crippen molar-refractivity contribution in [1.29, 1.82) is 0 Å². The van der Waals surface area contributed by atoms with Crippen LogP contribution in [0.3, 0.4) is 0 Å². The largest absolute Gasteiger partial charge is 0.495 e. The molecule has 0 bridgehead atoms. The summed E-state index contributed by atoms with van der Waals surface area (Å²) < 4.78 is 5.38. The molecule has 0 fully saturated rings. The fraction of sp³-hybridized carbons (Fsp3) is 0.542. The molecule has 2 heteroatoms. The first kappa shape index (κ1) is 22.2. The van der Waals surface area contributed by atoms with Gasteiger partial charge >= 0.3 is 0 Å². The number of allylic oxidation sites excluding steroid dienone is 2. The van der Waals surface area contributed by atoms with E-state index in [0.717, 1.165) is 24.7 Å². The van der Waals surface area contributed by atoms with Gasteiger partial charge in [-0.25, -0.2) is 0 Å². The second-order valence-corrected chi connectivity index (χ2v) is 6.89. The maximum absolute atomic E-state index is 11.4. The van der Waals surface area contributed by atoms with Crippen LogP contribution in [0.15, 0.2) is 48.8 Å². The molecule has 0 aromatic heterocycles. The van der Waals surface area contributed by atoms with Crippen molar-refractivity contribution in [3.05, 3.63) is 59.9 Å². The molecule has 0 aliphatic carbocycles. The lowest BCUT2D eigenvalue weighted by Gasteiger charge is -2.17. The van der Waals surface area contributed by atoms with Crippen LogP contribution in [0.1, 0.15) is 93.5 Å². The van der Waals surface area contributed by atoms with Gasteiger partial charge in [-0.15, -0.1) is 0 Å². The lowest BCUT2D eigenvalue weighted by Crippen LogP contribution is -2.02. The van der Waals surface area contributed by atoms with Gasteiger partial charge in [-0.1, -0.05) is 88.8 Å². The summed E-state index contributed by atoms with van der Waals surface area (Å²) in [5.74, 6) is 1.07. The molecule has 26 heavy (non-hydrogen) atoms. The van der Waals surface area contributed by atoms with Crippen molar-refractivity contribution in [2.45, 2.75) is 77.6 Å². The highest BCUT2D eigenvalue weighted by Gasteiger charge is 2.13. The summed E-state index contributed by atoms with van der Waals surface area (Å²) in [6.45, 7) is 8.74. The van der Waals surface area contributed by atoms with Gasteiger partial charge in [-0.3, -0.25) is 4.79 Å². The Morgan fingerprint density at radius 3 is 2.46 bits per heavy atom. The lowest BCUT2D eigenvalue weighted by molar-refractivity contribution is 0.112. The molecule has 0 N–H and O–H groups in total. The standard InChI is InChI=1S/C24H36O2/c1-4-6-7-8-9-10-11-16-22(18-14-15-21(3)26-5-2)24-19-13-12-17-23(24)20-25/h12-15,17,19-20,22H,3-11,16,18H2,1-2H3. The number of ether oxygens (including phenoxy) is 1. The highest BCUT2D eigenvalue weighted by atomic mass is 16.5. The molecule has 1 atom stereocenters. The number of hydrogen-bond donors (Lipinski definition) is 0. The maximum atomic E-state index is 11.4. The number of carbonyl (C=O) groups excluding carboxylic acids is 1. The van der Waals surface area contributed by atoms with E-state index in [1.54, 1.807) is 0 Å². The van der Waals surface area contributed by atoms with Crippen LogP contribution in [0.4, 0.5) is 0 Å². The van der Waals surface area contributed by atoms with Crippen molar-refractivity contribution in [3.8, 4) is 0 Å². The van der Waals surface area contributed by atoms with Crippen molar-refractivity contribution < 1.29 is 9.53 Å². The Morgan fingerprint density at radius 1 is 1.08 bits per heavy atom. The van der Waals surface area contributed by atoms with E-state index >= 15 is 0 Å². The van der Waals surface area contributed by atoms with Crippen LogP contribution in [0.2, 0.25) is 0 Å². The molecule has 2 nitrogen and oxygen atoms in total. The van der Waals surface area contributed by atoms with E-state index < -0.39 is 0 Å². The van der Waals surface area contributed by atoms with Crippen molar-refractivity contribution in [3.63, 3.8) is 0 Å². The van der Waals surface area contributed by atoms with Gasteiger partial charge < -0.3 is 4.74 Å². The molecule has 0 saturated heterocycles. The number of hydrogen-bond acceptors (Lipinski definition) is 2. The van der Waals surface area contributed by atoms with Crippen LogP contribution in [0, 0.1) is 0 Å². The first-order valence-corrected chi connectivity index (χ1v) is 10.2. The number of carbonyl (C=O) groups is 1. The van der Waals surface area contributed by atoms with E-state index in [1.807, 2.05) is 31.2 Å². The van der Waals surface area contributed by atoms with Crippen molar-refractivity contribution >= 4 is 6.29 Å². The quantitative estimate of drug-likeness (QED) is 0.143. The fourth-order valence-electron chi connectivity index (χ4n) is 3.34. The van der Waals surface area contributed by atoms with E-state index in [0.29, 0.717) is 18.3 Å². The first-order chi connectivity index (χ1) is 12.7. The van der Waals surface area contributed by atoms with E-state index in [4.69, 9.17) is 4.74 Å². The Kier molecular flexibility index (Phi) is 12.3. The third kappa shape index (κ3) is 9.03. The molecule has 0 aliphatic rings. The smallest absolute Gasteiger partial charge is 0.150 e. The van der Waals surface area contributed by atoms with E-state index in [-0.39, 0.29) is 0 Å². The summed E-state index contributed by atoms with van der Waals surface area (Å²) in [7, 11) is 0.